The van der Waals surface area contributed by atoms with Crippen LogP contribution in [0.3, 0.4) is 0 Å². The fourth-order valence-corrected chi connectivity index (χ4v) is 2.16. The minimum absolute atomic E-state index is 0.00407. The molecule has 1 aromatic carbocycles. The van der Waals surface area contributed by atoms with Gasteiger partial charge in [0.25, 0.3) is 0 Å². The molecule has 0 saturated carbocycles. The average Bonchev–Trinajstić information content (AvgIpc) is 2.76. The van der Waals surface area contributed by atoms with Gasteiger partial charge in [0, 0.05) is 24.0 Å². The number of alkyl halides is 3. The molecule has 1 atom stereocenters. The van der Waals surface area contributed by atoms with Crippen LogP contribution in [-0.2, 0) is 13.2 Å². The third-order valence-corrected chi connectivity index (χ3v) is 3.20. The normalized spacial score (nSPS) is 13.3. The molecule has 1 heterocycles. The van der Waals surface area contributed by atoms with Crippen LogP contribution in [0.4, 0.5) is 18.9 Å². The number of benzene rings is 1. The molecule has 108 valence electrons. The van der Waals surface area contributed by atoms with Gasteiger partial charge in [0.2, 0.25) is 0 Å². The Morgan fingerprint density at radius 1 is 1.30 bits per heavy atom. The highest BCUT2D eigenvalue weighted by molar-refractivity contribution is 6.30. The van der Waals surface area contributed by atoms with Gasteiger partial charge in [-0.1, -0.05) is 11.6 Å². The third kappa shape index (κ3) is 3.07. The molecule has 1 N–H and O–H groups in total. The summed E-state index contributed by atoms with van der Waals surface area (Å²) in [5.41, 5.74) is 0.00249. The summed E-state index contributed by atoms with van der Waals surface area (Å²) < 4.78 is 40.6. The highest BCUT2D eigenvalue weighted by Crippen LogP contribution is 2.37. The van der Waals surface area contributed by atoms with Crippen LogP contribution in [0, 0.1) is 0 Å². The Hall–Kier alpha value is -1.69. The Labute approximate surface area is 119 Å². The molecule has 3 nitrogen and oxygen atoms in total. The maximum atomic E-state index is 13.0. The Balaban J connectivity index is 2.32. The molecule has 0 amide bonds. The van der Waals surface area contributed by atoms with Crippen LogP contribution in [0.2, 0.25) is 5.02 Å². The summed E-state index contributed by atoms with van der Waals surface area (Å²) in [7, 11) is 1.74. The van der Waals surface area contributed by atoms with Crippen molar-refractivity contribution in [3.8, 4) is 0 Å². The summed E-state index contributed by atoms with van der Waals surface area (Å²) in [6, 6.07) is 5.11. The number of aryl methyl sites for hydroxylation is 1. The molecule has 0 spiro atoms. The molecule has 0 bridgehead atoms. The number of halogens is 4. The van der Waals surface area contributed by atoms with Crippen molar-refractivity contribution in [1.29, 1.82) is 0 Å². The van der Waals surface area contributed by atoms with E-state index >= 15 is 0 Å². The quantitative estimate of drug-likeness (QED) is 0.918. The first kappa shape index (κ1) is 14.7. The number of nitrogens with one attached hydrogen (secondary N) is 1. The van der Waals surface area contributed by atoms with Crippen LogP contribution in [0.15, 0.2) is 30.5 Å². The lowest BCUT2D eigenvalue weighted by molar-refractivity contribution is -0.137. The van der Waals surface area contributed by atoms with Gasteiger partial charge in [0.05, 0.1) is 17.3 Å². The van der Waals surface area contributed by atoms with E-state index in [0.29, 0.717) is 0 Å². The van der Waals surface area contributed by atoms with E-state index in [-0.39, 0.29) is 16.8 Å². The second kappa shape index (κ2) is 5.36. The molecule has 0 fully saturated rings. The number of hydrogen-bond donors (Lipinski definition) is 1. The molecular formula is C13H13ClF3N3. The van der Waals surface area contributed by atoms with Crippen molar-refractivity contribution in [1.82, 2.24) is 9.78 Å². The zero-order valence-corrected chi connectivity index (χ0v) is 11.6. The van der Waals surface area contributed by atoms with Crippen LogP contribution in [-0.4, -0.2) is 9.78 Å². The summed E-state index contributed by atoms with van der Waals surface area (Å²) >= 11 is 5.64. The fraction of sp³-hybridized carbons (Fsp3) is 0.308. The predicted molar refractivity (Wildman–Crippen MR) is 71.7 cm³/mol. The van der Waals surface area contributed by atoms with E-state index in [1.165, 1.54) is 12.1 Å². The Bertz CT molecular complexity index is 607. The molecule has 0 saturated heterocycles. The highest BCUT2D eigenvalue weighted by atomic mass is 35.5. The summed E-state index contributed by atoms with van der Waals surface area (Å²) in [5, 5.41) is 6.90. The molecule has 0 radical (unpaired) electrons. The number of anilines is 1. The Kier molecular flexibility index (Phi) is 3.94. The SMILES string of the molecule is CC(Nc1ccc(Cl)cc1C(F)(F)F)c1ccnn1C. The minimum atomic E-state index is -4.46. The van der Waals surface area contributed by atoms with E-state index < -0.39 is 11.7 Å². The van der Waals surface area contributed by atoms with Crippen molar-refractivity contribution in [3.63, 3.8) is 0 Å². The molecule has 2 rings (SSSR count). The summed E-state index contributed by atoms with van der Waals surface area (Å²) in [5.74, 6) is 0. The van der Waals surface area contributed by atoms with E-state index in [1.54, 1.807) is 30.9 Å². The topological polar surface area (TPSA) is 29.9 Å². The molecule has 0 aliphatic heterocycles. The second-order valence-corrected chi connectivity index (χ2v) is 4.87. The van der Waals surface area contributed by atoms with Gasteiger partial charge in [-0.3, -0.25) is 4.68 Å². The van der Waals surface area contributed by atoms with Gasteiger partial charge in [0.15, 0.2) is 0 Å². The first-order valence-electron chi connectivity index (χ1n) is 5.90. The maximum Gasteiger partial charge on any atom is 0.418 e. The van der Waals surface area contributed by atoms with Crippen molar-refractivity contribution in [2.75, 3.05) is 5.32 Å². The van der Waals surface area contributed by atoms with Crippen LogP contribution in [0.1, 0.15) is 24.2 Å². The lowest BCUT2D eigenvalue weighted by Crippen LogP contribution is -2.15. The van der Waals surface area contributed by atoms with E-state index in [1.807, 2.05) is 0 Å². The minimum Gasteiger partial charge on any atom is -0.376 e. The van der Waals surface area contributed by atoms with Gasteiger partial charge in [-0.25, -0.2) is 0 Å². The predicted octanol–water partition coefficient (Wildman–Crippen LogP) is 4.27. The summed E-state index contributed by atoms with van der Waals surface area (Å²) in [6.45, 7) is 1.77. The molecule has 1 aromatic heterocycles. The van der Waals surface area contributed by atoms with Gasteiger partial charge < -0.3 is 5.32 Å². The van der Waals surface area contributed by atoms with Crippen molar-refractivity contribution < 1.29 is 13.2 Å². The molecule has 1 unspecified atom stereocenters. The van der Waals surface area contributed by atoms with Crippen molar-refractivity contribution >= 4 is 17.3 Å². The standard InChI is InChI=1S/C13H13ClF3N3/c1-8(12-5-6-18-20(12)2)19-11-4-3-9(14)7-10(11)13(15,16)17/h3-8,19H,1-2H3. The monoisotopic (exact) mass is 303 g/mol. The van der Waals surface area contributed by atoms with Gasteiger partial charge in [-0.15, -0.1) is 0 Å². The zero-order chi connectivity index (χ0) is 14.9. The Morgan fingerprint density at radius 2 is 2.00 bits per heavy atom. The fourth-order valence-electron chi connectivity index (χ4n) is 1.99. The van der Waals surface area contributed by atoms with Gasteiger partial charge in [-0.2, -0.15) is 18.3 Å². The molecule has 0 aliphatic rings. The second-order valence-electron chi connectivity index (χ2n) is 4.43. The number of aromatic nitrogens is 2. The lowest BCUT2D eigenvalue weighted by atomic mass is 10.1. The summed E-state index contributed by atoms with van der Waals surface area (Å²) in [4.78, 5) is 0. The van der Waals surface area contributed by atoms with Crippen molar-refractivity contribution in [3.05, 3.63) is 46.7 Å². The number of rotatable bonds is 3. The highest BCUT2D eigenvalue weighted by Gasteiger charge is 2.34. The van der Waals surface area contributed by atoms with Crippen molar-refractivity contribution in [2.45, 2.75) is 19.1 Å². The van der Waals surface area contributed by atoms with E-state index in [2.05, 4.69) is 10.4 Å². The van der Waals surface area contributed by atoms with E-state index in [4.69, 9.17) is 11.6 Å². The smallest absolute Gasteiger partial charge is 0.376 e. The Morgan fingerprint density at radius 3 is 2.55 bits per heavy atom. The summed E-state index contributed by atoms with van der Waals surface area (Å²) in [6.07, 6.45) is -2.86. The maximum absolute atomic E-state index is 13.0. The molecular weight excluding hydrogens is 291 g/mol. The van der Waals surface area contributed by atoms with E-state index in [0.717, 1.165) is 11.8 Å². The number of hydrogen-bond acceptors (Lipinski definition) is 2. The molecule has 2 aromatic rings. The number of nitrogens with zero attached hydrogens (tertiary/aromatic N) is 2. The average molecular weight is 304 g/mol. The zero-order valence-electron chi connectivity index (χ0n) is 10.9. The van der Waals surface area contributed by atoms with E-state index in [9.17, 15) is 13.2 Å². The van der Waals surface area contributed by atoms with Crippen LogP contribution >= 0.6 is 11.6 Å². The van der Waals surface area contributed by atoms with Gasteiger partial charge >= 0.3 is 6.18 Å². The van der Waals surface area contributed by atoms with Crippen molar-refractivity contribution in [2.24, 2.45) is 7.05 Å². The largest absolute Gasteiger partial charge is 0.418 e. The van der Waals surface area contributed by atoms with Crippen LogP contribution < -0.4 is 5.32 Å². The molecule has 7 heteroatoms. The first-order valence-corrected chi connectivity index (χ1v) is 6.28. The van der Waals surface area contributed by atoms with Crippen LogP contribution in [0.5, 0.6) is 0 Å². The van der Waals surface area contributed by atoms with Gasteiger partial charge in [-0.05, 0) is 31.2 Å². The van der Waals surface area contributed by atoms with Crippen LogP contribution in [0.25, 0.3) is 0 Å². The third-order valence-electron chi connectivity index (χ3n) is 2.96. The van der Waals surface area contributed by atoms with Gasteiger partial charge in [0.1, 0.15) is 0 Å². The molecule has 20 heavy (non-hydrogen) atoms. The lowest BCUT2D eigenvalue weighted by Gasteiger charge is -2.19. The first-order chi connectivity index (χ1) is 9.29. The molecule has 0 aliphatic carbocycles.